The lowest BCUT2D eigenvalue weighted by Crippen LogP contribution is -2.15. The zero-order valence-corrected chi connectivity index (χ0v) is 30.8. The number of hydrogen-bond donors (Lipinski definition) is 0. The van der Waals surface area contributed by atoms with Gasteiger partial charge in [-0.25, -0.2) is 0 Å². The second-order valence-corrected chi connectivity index (χ2v) is 16.4. The fourth-order valence-electron chi connectivity index (χ4n) is 10.9. The summed E-state index contributed by atoms with van der Waals surface area (Å²) in [5.74, 6) is 0.311. The molecule has 2 heteroatoms. The molecule has 0 spiro atoms. The lowest BCUT2D eigenvalue weighted by molar-refractivity contribution is 0.658. The number of benzene rings is 8. The molecule has 0 bridgehead atoms. The summed E-state index contributed by atoms with van der Waals surface area (Å²) in [6, 6.07) is 54.7. The SMILES string of the molecule is CC1(C)c2ccccc2-c2ccc(C3C=CC(n4c5c6ccccc6ccc5c5c6ccccc6c6c(c7cccc8c9ccccc9n6c87)c54)=CC3)cc21. The molecule has 0 N–H and O–H groups in total. The van der Waals surface area contributed by atoms with Gasteiger partial charge in [0.2, 0.25) is 0 Å². The molecule has 3 aromatic heterocycles. The standard InChI is InChI=1S/C53H36N2/c1-53(2)44-20-9-7-14-36(44)37-28-25-33(30-45(37)53)31-22-26-34(27-23-31)54-49-35-13-4-3-12-32(35)24-29-43(49)47-39-16-5-6-17-41(39)51-48(52(47)54)42-19-11-18-40-38-15-8-10-21-46(38)55(51)50(40)42/h3-22,24-31H,23H2,1-2H3. The fraction of sp³-hybridized carbons (Fsp3) is 0.0943. The van der Waals surface area contributed by atoms with Gasteiger partial charge in [-0.15, -0.1) is 0 Å². The largest absolute Gasteiger partial charge is 0.308 e. The Kier molecular flexibility index (Phi) is 5.58. The van der Waals surface area contributed by atoms with Gasteiger partial charge in [-0.3, -0.25) is 0 Å². The summed E-state index contributed by atoms with van der Waals surface area (Å²) >= 11 is 0. The molecular weight excluding hydrogens is 665 g/mol. The zero-order valence-electron chi connectivity index (χ0n) is 30.8. The third-order valence-electron chi connectivity index (χ3n) is 13.3. The Morgan fingerprint density at radius 2 is 1.20 bits per heavy atom. The van der Waals surface area contributed by atoms with Crippen LogP contribution in [-0.2, 0) is 5.41 Å². The minimum absolute atomic E-state index is 0.0123. The smallest absolute Gasteiger partial charge is 0.0648 e. The van der Waals surface area contributed by atoms with Crippen LogP contribution in [-0.4, -0.2) is 8.97 Å². The van der Waals surface area contributed by atoms with Gasteiger partial charge < -0.3 is 8.97 Å². The fourth-order valence-corrected chi connectivity index (χ4v) is 10.9. The van der Waals surface area contributed by atoms with Crippen LogP contribution in [0.4, 0.5) is 0 Å². The molecule has 3 heterocycles. The first-order valence-electron chi connectivity index (χ1n) is 19.6. The second-order valence-electron chi connectivity index (χ2n) is 16.4. The highest BCUT2D eigenvalue weighted by Crippen LogP contribution is 2.52. The maximum atomic E-state index is 2.63. The van der Waals surface area contributed by atoms with Crippen molar-refractivity contribution in [1.82, 2.24) is 8.97 Å². The average molecular weight is 701 g/mol. The Hall–Kier alpha value is -6.64. The van der Waals surface area contributed by atoms with E-state index < -0.39 is 0 Å². The Morgan fingerprint density at radius 3 is 2.07 bits per heavy atom. The number of rotatable bonds is 2. The predicted molar refractivity (Wildman–Crippen MR) is 234 cm³/mol. The molecule has 2 nitrogen and oxygen atoms in total. The minimum atomic E-state index is -0.0123. The summed E-state index contributed by atoms with van der Waals surface area (Å²) < 4.78 is 5.19. The molecule has 0 fully saturated rings. The van der Waals surface area contributed by atoms with Crippen LogP contribution in [0.25, 0.3) is 98.3 Å². The maximum Gasteiger partial charge on any atom is 0.0648 e. The highest BCUT2D eigenvalue weighted by atomic mass is 15.0. The van der Waals surface area contributed by atoms with E-state index in [0.717, 1.165) is 6.42 Å². The van der Waals surface area contributed by atoms with Crippen LogP contribution in [0.3, 0.4) is 0 Å². The van der Waals surface area contributed by atoms with Crippen LogP contribution >= 0.6 is 0 Å². The summed E-state index contributed by atoms with van der Waals surface area (Å²) in [7, 11) is 0. The summed E-state index contributed by atoms with van der Waals surface area (Å²) in [5, 5.41) is 13.0. The molecule has 0 radical (unpaired) electrons. The topological polar surface area (TPSA) is 9.34 Å². The van der Waals surface area contributed by atoms with Crippen molar-refractivity contribution in [2.75, 3.05) is 0 Å². The molecule has 13 rings (SSSR count). The van der Waals surface area contributed by atoms with E-state index in [-0.39, 0.29) is 5.41 Å². The van der Waals surface area contributed by atoms with Crippen molar-refractivity contribution < 1.29 is 0 Å². The Labute approximate surface area is 318 Å². The number of nitrogens with zero attached hydrogens (tertiary/aromatic N) is 2. The number of para-hydroxylation sites is 2. The van der Waals surface area contributed by atoms with Crippen molar-refractivity contribution >= 4 is 87.1 Å². The van der Waals surface area contributed by atoms with Crippen molar-refractivity contribution in [1.29, 1.82) is 0 Å². The van der Waals surface area contributed by atoms with Crippen molar-refractivity contribution in [2.45, 2.75) is 31.6 Å². The Bertz CT molecular complexity index is 3550. The van der Waals surface area contributed by atoms with Gasteiger partial charge in [-0.1, -0.05) is 166 Å². The van der Waals surface area contributed by atoms with Crippen molar-refractivity contribution in [3.05, 3.63) is 181 Å². The molecule has 1 atom stereocenters. The molecular formula is C53H36N2. The molecule has 11 aromatic rings. The molecule has 55 heavy (non-hydrogen) atoms. The molecule has 2 aliphatic rings. The molecule has 0 saturated heterocycles. The second kappa shape index (κ2) is 10.3. The van der Waals surface area contributed by atoms with Gasteiger partial charge in [0.25, 0.3) is 0 Å². The Balaban J connectivity index is 1.11. The van der Waals surface area contributed by atoms with Gasteiger partial charge in [0.05, 0.1) is 27.6 Å². The lowest BCUT2D eigenvalue weighted by atomic mass is 9.80. The van der Waals surface area contributed by atoms with Crippen LogP contribution in [0.5, 0.6) is 0 Å². The van der Waals surface area contributed by atoms with E-state index in [2.05, 4.69) is 187 Å². The van der Waals surface area contributed by atoms with Gasteiger partial charge >= 0.3 is 0 Å². The van der Waals surface area contributed by atoms with E-state index in [1.807, 2.05) is 0 Å². The first-order valence-corrected chi connectivity index (χ1v) is 19.6. The van der Waals surface area contributed by atoms with Crippen LogP contribution in [0.1, 0.15) is 42.9 Å². The highest BCUT2D eigenvalue weighted by Gasteiger charge is 2.35. The number of allylic oxidation sites excluding steroid dienone is 4. The molecule has 258 valence electrons. The van der Waals surface area contributed by atoms with E-state index >= 15 is 0 Å². The molecule has 0 saturated carbocycles. The van der Waals surface area contributed by atoms with Crippen molar-refractivity contribution in [2.24, 2.45) is 0 Å². The summed E-state index contributed by atoms with van der Waals surface area (Å²) in [5.41, 5.74) is 14.7. The normalized spacial score (nSPS) is 16.5. The molecule has 0 aliphatic heterocycles. The third-order valence-corrected chi connectivity index (χ3v) is 13.3. The average Bonchev–Trinajstić information content (AvgIpc) is 3.94. The molecule has 1 unspecified atom stereocenters. The molecule has 8 aromatic carbocycles. The van der Waals surface area contributed by atoms with E-state index in [9.17, 15) is 0 Å². The van der Waals surface area contributed by atoms with Crippen molar-refractivity contribution in [3.63, 3.8) is 0 Å². The quantitative estimate of drug-likeness (QED) is 0.170. The van der Waals surface area contributed by atoms with Gasteiger partial charge in [0.15, 0.2) is 0 Å². The van der Waals surface area contributed by atoms with E-state index in [1.165, 1.54) is 115 Å². The van der Waals surface area contributed by atoms with Crippen LogP contribution < -0.4 is 0 Å². The summed E-state index contributed by atoms with van der Waals surface area (Å²) in [6.45, 7) is 4.76. The van der Waals surface area contributed by atoms with Gasteiger partial charge in [-0.05, 0) is 57.2 Å². The molecule has 0 amide bonds. The first-order chi connectivity index (χ1) is 27.1. The number of hydrogen-bond acceptors (Lipinski definition) is 0. The summed E-state index contributed by atoms with van der Waals surface area (Å²) in [6.07, 6.45) is 8.33. The van der Waals surface area contributed by atoms with E-state index in [1.54, 1.807) is 0 Å². The maximum absolute atomic E-state index is 2.63. The Morgan fingerprint density at radius 1 is 0.509 bits per heavy atom. The highest BCUT2D eigenvalue weighted by molar-refractivity contribution is 6.40. The van der Waals surface area contributed by atoms with E-state index in [4.69, 9.17) is 0 Å². The van der Waals surface area contributed by atoms with E-state index in [0.29, 0.717) is 5.92 Å². The van der Waals surface area contributed by atoms with Crippen LogP contribution in [0.2, 0.25) is 0 Å². The lowest BCUT2D eigenvalue weighted by Gasteiger charge is -2.24. The molecule has 2 aliphatic carbocycles. The minimum Gasteiger partial charge on any atom is -0.308 e. The monoisotopic (exact) mass is 700 g/mol. The van der Waals surface area contributed by atoms with Gasteiger partial charge in [0, 0.05) is 60.1 Å². The number of fused-ring (bicyclic) bond motifs is 18. The van der Waals surface area contributed by atoms with Crippen molar-refractivity contribution in [3.8, 4) is 11.1 Å². The summed E-state index contributed by atoms with van der Waals surface area (Å²) in [4.78, 5) is 0. The van der Waals surface area contributed by atoms with Gasteiger partial charge in [0.1, 0.15) is 0 Å². The third kappa shape index (κ3) is 3.65. The van der Waals surface area contributed by atoms with Gasteiger partial charge in [-0.2, -0.15) is 0 Å². The van der Waals surface area contributed by atoms with Crippen LogP contribution in [0, 0.1) is 0 Å². The predicted octanol–water partition coefficient (Wildman–Crippen LogP) is 14.1. The first kappa shape index (κ1) is 29.8. The zero-order chi connectivity index (χ0) is 36.2. The number of aromatic nitrogens is 2. The van der Waals surface area contributed by atoms with Crippen LogP contribution in [0.15, 0.2) is 164 Å².